The van der Waals surface area contributed by atoms with E-state index in [-0.39, 0.29) is 11.7 Å². The fourth-order valence-corrected chi connectivity index (χ4v) is 3.65. The lowest BCUT2D eigenvalue weighted by Gasteiger charge is -2.15. The summed E-state index contributed by atoms with van der Waals surface area (Å²) in [6, 6.07) is 18.9. The number of hydrogen-bond donors (Lipinski definition) is 0. The maximum absolute atomic E-state index is 12.6. The molecule has 0 spiro atoms. The van der Waals surface area contributed by atoms with Crippen LogP contribution in [0.15, 0.2) is 67.0 Å². The summed E-state index contributed by atoms with van der Waals surface area (Å²) in [5.74, 6) is 0.398. The zero-order valence-electron chi connectivity index (χ0n) is 18.4. The Hall–Kier alpha value is -4.06. The standard InChI is InChI=1S/C26H23N3O3/c1-16(30)17-6-5-7-20(12-17)25-21-13-18(8-10-23(21)27-15-28-25)19-9-11-24(32-4)22(14-19)26(31)29(2)3/h5-15H,1-4H3. The highest BCUT2D eigenvalue weighted by atomic mass is 16.5. The van der Waals surface area contributed by atoms with E-state index in [1.54, 1.807) is 40.3 Å². The summed E-state index contributed by atoms with van der Waals surface area (Å²) >= 11 is 0. The van der Waals surface area contributed by atoms with Crippen molar-refractivity contribution < 1.29 is 14.3 Å². The van der Waals surface area contributed by atoms with Gasteiger partial charge < -0.3 is 9.64 Å². The normalized spacial score (nSPS) is 10.8. The Labute approximate surface area is 186 Å². The first-order valence-electron chi connectivity index (χ1n) is 10.1. The Balaban J connectivity index is 1.87. The number of hydrogen-bond acceptors (Lipinski definition) is 5. The second-order valence-corrected chi connectivity index (χ2v) is 7.71. The van der Waals surface area contributed by atoms with E-state index in [4.69, 9.17) is 4.74 Å². The van der Waals surface area contributed by atoms with Crippen LogP contribution in [0.1, 0.15) is 27.6 Å². The molecule has 4 rings (SSSR count). The molecule has 0 fully saturated rings. The van der Waals surface area contributed by atoms with Crippen LogP contribution in [0.4, 0.5) is 0 Å². The van der Waals surface area contributed by atoms with E-state index in [1.807, 2.05) is 48.5 Å². The highest BCUT2D eigenvalue weighted by molar-refractivity contribution is 6.00. The van der Waals surface area contributed by atoms with Crippen molar-refractivity contribution >= 4 is 22.6 Å². The second kappa shape index (κ2) is 8.59. The van der Waals surface area contributed by atoms with Gasteiger partial charge >= 0.3 is 0 Å². The quantitative estimate of drug-likeness (QED) is 0.426. The van der Waals surface area contributed by atoms with Gasteiger partial charge in [0, 0.05) is 30.6 Å². The summed E-state index contributed by atoms with van der Waals surface area (Å²) in [6.07, 6.45) is 1.53. The van der Waals surface area contributed by atoms with Crippen LogP contribution in [0, 0.1) is 0 Å². The number of carbonyl (C=O) groups excluding carboxylic acids is 2. The molecule has 1 aromatic heterocycles. The maximum Gasteiger partial charge on any atom is 0.257 e. The predicted molar refractivity (Wildman–Crippen MR) is 125 cm³/mol. The van der Waals surface area contributed by atoms with E-state index < -0.39 is 0 Å². The van der Waals surface area contributed by atoms with Gasteiger partial charge in [-0.15, -0.1) is 0 Å². The Morgan fingerprint density at radius 3 is 2.34 bits per heavy atom. The van der Waals surface area contributed by atoms with Crippen molar-refractivity contribution in [1.29, 1.82) is 0 Å². The number of ether oxygens (including phenoxy) is 1. The fourth-order valence-electron chi connectivity index (χ4n) is 3.65. The molecule has 0 bridgehead atoms. The Morgan fingerprint density at radius 2 is 1.62 bits per heavy atom. The lowest BCUT2D eigenvalue weighted by molar-refractivity contribution is 0.0824. The molecule has 4 aromatic rings. The number of rotatable bonds is 5. The molecular weight excluding hydrogens is 402 g/mol. The van der Waals surface area contributed by atoms with Crippen LogP contribution >= 0.6 is 0 Å². The van der Waals surface area contributed by atoms with Crippen molar-refractivity contribution in [2.75, 3.05) is 21.2 Å². The van der Waals surface area contributed by atoms with E-state index in [0.717, 1.165) is 33.3 Å². The zero-order valence-corrected chi connectivity index (χ0v) is 18.4. The third kappa shape index (κ3) is 3.95. The van der Waals surface area contributed by atoms with Crippen molar-refractivity contribution in [1.82, 2.24) is 14.9 Å². The van der Waals surface area contributed by atoms with Crippen molar-refractivity contribution in [3.8, 4) is 28.1 Å². The molecular formula is C26H23N3O3. The molecule has 1 amide bonds. The molecule has 160 valence electrons. The largest absolute Gasteiger partial charge is 0.496 e. The average Bonchev–Trinajstić information content (AvgIpc) is 2.82. The number of carbonyl (C=O) groups is 2. The molecule has 0 atom stereocenters. The molecule has 0 N–H and O–H groups in total. The summed E-state index contributed by atoms with van der Waals surface area (Å²) in [5.41, 5.74) is 5.32. The van der Waals surface area contributed by atoms with E-state index in [0.29, 0.717) is 16.9 Å². The molecule has 0 radical (unpaired) electrons. The minimum Gasteiger partial charge on any atom is -0.496 e. The summed E-state index contributed by atoms with van der Waals surface area (Å²) < 4.78 is 5.39. The molecule has 6 heteroatoms. The van der Waals surface area contributed by atoms with Crippen LogP contribution in [-0.4, -0.2) is 47.8 Å². The van der Waals surface area contributed by atoms with Crippen molar-refractivity contribution in [3.63, 3.8) is 0 Å². The number of aromatic nitrogens is 2. The zero-order chi connectivity index (χ0) is 22.8. The smallest absolute Gasteiger partial charge is 0.257 e. The van der Waals surface area contributed by atoms with Gasteiger partial charge in [-0.3, -0.25) is 9.59 Å². The van der Waals surface area contributed by atoms with Gasteiger partial charge in [0.1, 0.15) is 12.1 Å². The monoisotopic (exact) mass is 425 g/mol. The van der Waals surface area contributed by atoms with Gasteiger partial charge in [0.25, 0.3) is 5.91 Å². The van der Waals surface area contributed by atoms with Crippen molar-refractivity contribution in [2.45, 2.75) is 6.92 Å². The third-order valence-corrected chi connectivity index (χ3v) is 5.35. The molecule has 3 aromatic carbocycles. The number of fused-ring (bicyclic) bond motifs is 1. The number of benzene rings is 3. The first-order chi connectivity index (χ1) is 15.4. The van der Waals surface area contributed by atoms with Crippen LogP contribution in [0.2, 0.25) is 0 Å². The maximum atomic E-state index is 12.6. The van der Waals surface area contributed by atoms with E-state index in [1.165, 1.54) is 11.2 Å². The lowest BCUT2D eigenvalue weighted by atomic mass is 9.97. The van der Waals surface area contributed by atoms with Gasteiger partial charge in [-0.1, -0.05) is 30.3 Å². The van der Waals surface area contributed by atoms with Crippen molar-refractivity contribution in [3.05, 3.63) is 78.1 Å². The third-order valence-electron chi connectivity index (χ3n) is 5.35. The number of Topliss-reactive ketones (excluding diaryl/α,β-unsaturated/α-hetero) is 1. The molecule has 32 heavy (non-hydrogen) atoms. The number of ketones is 1. The molecule has 1 heterocycles. The molecule has 0 saturated carbocycles. The molecule has 0 aliphatic carbocycles. The van der Waals surface area contributed by atoms with Gasteiger partial charge in [-0.2, -0.15) is 0 Å². The number of methoxy groups -OCH3 is 1. The first-order valence-corrected chi connectivity index (χ1v) is 10.1. The van der Waals surface area contributed by atoms with Crippen LogP contribution in [0.25, 0.3) is 33.3 Å². The summed E-state index contributed by atoms with van der Waals surface area (Å²) in [4.78, 5) is 34.9. The van der Waals surface area contributed by atoms with Crippen LogP contribution in [-0.2, 0) is 0 Å². The number of amides is 1. The Kier molecular flexibility index (Phi) is 5.69. The van der Waals surface area contributed by atoms with E-state index in [9.17, 15) is 9.59 Å². The molecule has 0 aliphatic rings. The van der Waals surface area contributed by atoms with Gasteiger partial charge in [0.05, 0.1) is 23.9 Å². The molecule has 0 saturated heterocycles. The van der Waals surface area contributed by atoms with Crippen LogP contribution in [0.5, 0.6) is 5.75 Å². The molecule has 0 aliphatic heterocycles. The highest BCUT2D eigenvalue weighted by Crippen LogP contribution is 2.32. The highest BCUT2D eigenvalue weighted by Gasteiger charge is 2.16. The summed E-state index contributed by atoms with van der Waals surface area (Å²) in [6.45, 7) is 1.55. The van der Waals surface area contributed by atoms with E-state index in [2.05, 4.69) is 9.97 Å². The topological polar surface area (TPSA) is 72.4 Å². The SMILES string of the molecule is COc1ccc(-c2ccc3ncnc(-c4cccc(C(C)=O)c4)c3c2)cc1C(=O)N(C)C. The molecule has 6 nitrogen and oxygen atoms in total. The second-order valence-electron chi connectivity index (χ2n) is 7.71. The van der Waals surface area contributed by atoms with Gasteiger partial charge in [0.2, 0.25) is 0 Å². The lowest BCUT2D eigenvalue weighted by Crippen LogP contribution is -2.22. The molecule has 0 unspecified atom stereocenters. The average molecular weight is 425 g/mol. The first kappa shape index (κ1) is 21.2. The van der Waals surface area contributed by atoms with Gasteiger partial charge in [-0.05, 0) is 48.4 Å². The Morgan fingerprint density at radius 1 is 0.875 bits per heavy atom. The van der Waals surface area contributed by atoms with Gasteiger partial charge in [0.15, 0.2) is 5.78 Å². The summed E-state index contributed by atoms with van der Waals surface area (Å²) in [5, 5.41) is 0.863. The van der Waals surface area contributed by atoms with Crippen LogP contribution < -0.4 is 4.74 Å². The minimum absolute atomic E-state index is 0.00206. The summed E-state index contributed by atoms with van der Waals surface area (Å²) in [7, 11) is 4.97. The minimum atomic E-state index is -0.130. The fraction of sp³-hybridized carbons (Fsp3) is 0.154. The van der Waals surface area contributed by atoms with Crippen LogP contribution in [0.3, 0.4) is 0 Å². The predicted octanol–water partition coefficient (Wildman–Crippen LogP) is 4.88. The van der Waals surface area contributed by atoms with Crippen molar-refractivity contribution in [2.24, 2.45) is 0 Å². The number of nitrogens with zero attached hydrogens (tertiary/aromatic N) is 3. The Bertz CT molecular complexity index is 1350. The van der Waals surface area contributed by atoms with E-state index >= 15 is 0 Å². The van der Waals surface area contributed by atoms with Gasteiger partial charge in [-0.25, -0.2) is 9.97 Å².